The van der Waals surface area contributed by atoms with Gasteiger partial charge in [-0.25, -0.2) is 0 Å². The molecule has 1 aliphatic heterocycles. The zero-order valence-corrected chi connectivity index (χ0v) is 36.9. The Morgan fingerprint density at radius 2 is 0.940 bits per heavy atom. The molecule has 2 aromatic heterocycles. The van der Waals surface area contributed by atoms with Crippen LogP contribution in [0, 0.1) is 0 Å². The number of nitrogens with zero attached hydrogens (tertiary/aromatic N) is 2. The van der Waals surface area contributed by atoms with Gasteiger partial charge in [0.1, 0.15) is 16.7 Å². The largest absolute Gasteiger partial charge is 0.456 e. The molecule has 0 unspecified atom stereocenters. The molecule has 0 saturated carbocycles. The summed E-state index contributed by atoms with van der Waals surface area (Å²) < 4.78 is 13.1. The number of furan rings is 2. The Balaban J connectivity index is 0.924. The minimum Gasteiger partial charge on any atom is -0.456 e. The van der Waals surface area contributed by atoms with E-state index in [9.17, 15) is 0 Å². The molecular weight excluding hydrogens is 837 g/mol. The smallest absolute Gasteiger partial charge is 0.159 e. The first kappa shape index (κ1) is 37.8. The van der Waals surface area contributed by atoms with Crippen molar-refractivity contribution in [3.8, 4) is 22.3 Å². The fraction of sp³-hybridized carbons (Fsp3) is 0. The molecule has 0 radical (unpaired) electrons. The second-order valence-corrected chi connectivity index (χ2v) is 18.3. The van der Waals surface area contributed by atoms with E-state index >= 15 is 0 Å². The zero-order chi connectivity index (χ0) is 44.0. The Morgan fingerprint density at radius 3 is 1.81 bits per heavy atom. The summed E-state index contributed by atoms with van der Waals surface area (Å²) in [6.07, 6.45) is 0. The Hall–Kier alpha value is -8.51. The first-order valence-corrected chi connectivity index (χ1v) is 23.5. The van der Waals surface area contributed by atoms with Gasteiger partial charge in [0.05, 0.1) is 11.4 Å². The van der Waals surface area contributed by atoms with Gasteiger partial charge in [0, 0.05) is 71.1 Å². The van der Waals surface area contributed by atoms with Gasteiger partial charge in [-0.05, 0) is 118 Å². The average molecular weight is 875 g/mol. The van der Waals surface area contributed by atoms with Crippen molar-refractivity contribution in [2.75, 3.05) is 9.80 Å². The van der Waals surface area contributed by atoms with Gasteiger partial charge in [-0.2, -0.15) is 0 Å². The highest BCUT2D eigenvalue weighted by Crippen LogP contribution is 2.53. The van der Waals surface area contributed by atoms with E-state index in [2.05, 4.69) is 222 Å². The average Bonchev–Trinajstić information content (AvgIpc) is 3.96. The summed E-state index contributed by atoms with van der Waals surface area (Å²) in [5.74, 6) is 0. The number of para-hydroxylation sites is 5. The Morgan fingerprint density at radius 1 is 0.313 bits per heavy atom. The standard InChI is InChI=1S/C62H38N2O2S/c1-3-15-39(16-4-1)45-19-7-10-24-54(45)64(55-25-13-23-51-47-21-9-12-27-57(47)66-62(51)55)44-32-34-49-53-35-40-29-30-42(36-52(40)50-22-14-28-59(61(50)53)67-60(49)38-44)63(41-17-5-2-6-18-41)43-31-33-48-46-20-8-11-26-56(46)65-58(48)37-43/h1-38H. The van der Waals surface area contributed by atoms with E-state index in [0.29, 0.717) is 0 Å². The maximum atomic E-state index is 6.74. The van der Waals surface area contributed by atoms with Gasteiger partial charge in [0.25, 0.3) is 0 Å². The second kappa shape index (κ2) is 15.0. The van der Waals surface area contributed by atoms with Gasteiger partial charge in [-0.15, -0.1) is 0 Å². The van der Waals surface area contributed by atoms with E-state index in [4.69, 9.17) is 8.83 Å². The molecule has 0 N–H and O–H groups in total. The molecule has 67 heavy (non-hydrogen) atoms. The van der Waals surface area contributed by atoms with Crippen LogP contribution < -0.4 is 9.80 Å². The number of benzene rings is 11. The van der Waals surface area contributed by atoms with Crippen molar-refractivity contribution < 1.29 is 8.83 Å². The van der Waals surface area contributed by atoms with Gasteiger partial charge in [0.2, 0.25) is 0 Å². The summed E-state index contributed by atoms with van der Waals surface area (Å²) in [6.45, 7) is 0. The molecule has 0 amide bonds. The van der Waals surface area contributed by atoms with Crippen LogP contribution in [-0.4, -0.2) is 0 Å². The van der Waals surface area contributed by atoms with Gasteiger partial charge >= 0.3 is 0 Å². The van der Waals surface area contributed by atoms with E-state index in [-0.39, 0.29) is 0 Å². The SMILES string of the molecule is c1ccc(-c2ccccc2N(c2ccc3c(c2)Sc2cccc4c2c-3cc2ccc(N(c3ccccc3)c3ccc5c(c3)oc3ccccc35)cc24)c2cccc3c2oc2ccccc23)cc1. The van der Waals surface area contributed by atoms with Crippen LogP contribution in [0.2, 0.25) is 0 Å². The van der Waals surface area contributed by atoms with Gasteiger partial charge < -0.3 is 18.6 Å². The topological polar surface area (TPSA) is 32.8 Å². The van der Waals surface area contributed by atoms with Crippen molar-refractivity contribution in [3.05, 3.63) is 231 Å². The third-order valence-electron chi connectivity index (χ3n) is 13.4. The molecule has 3 heterocycles. The molecule has 14 rings (SSSR count). The summed E-state index contributed by atoms with van der Waals surface area (Å²) in [5, 5.41) is 9.38. The van der Waals surface area contributed by atoms with E-state index in [0.717, 1.165) is 89.1 Å². The molecule has 0 saturated heterocycles. The van der Waals surface area contributed by atoms with Crippen LogP contribution in [0.1, 0.15) is 0 Å². The summed E-state index contributed by atoms with van der Waals surface area (Å²) >= 11 is 1.85. The molecule has 314 valence electrons. The second-order valence-electron chi connectivity index (χ2n) is 17.2. The van der Waals surface area contributed by atoms with E-state index in [1.54, 1.807) is 0 Å². The number of hydrogen-bond acceptors (Lipinski definition) is 5. The number of rotatable bonds is 7. The summed E-state index contributed by atoms with van der Waals surface area (Å²) in [4.78, 5) is 7.18. The lowest BCUT2D eigenvalue weighted by Gasteiger charge is -2.30. The van der Waals surface area contributed by atoms with Crippen LogP contribution in [0.4, 0.5) is 34.1 Å². The quantitative estimate of drug-likeness (QED) is 0.149. The maximum absolute atomic E-state index is 6.74. The van der Waals surface area contributed by atoms with Crippen LogP contribution >= 0.6 is 11.8 Å². The summed E-state index contributed by atoms with van der Waals surface area (Å²) in [6, 6.07) is 82.7. The molecule has 0 aliphatic carbocycles. The lowest BCUT2D eigenvalue weighted by Crippen LogP contribution is -2.12. The molecule has 13 aromatic rings. The summed E-state index contributed by atoms with van der Waals surface area (Å²) in [5.41, 5.74) is 14.6. The lowest BCUT2D eigenvalue weighted by molar-refractivity contribution is 0.668. The third kappa shape index (κ3) is 6.02. The first-order chi connectivity index (χ1) is 33.2. The minimum atomic E-state index is 0.860. The molecule has 0 fully saturated rings. The number of anilines is 6. The molecule has 5 heteroatoms. The monoisotopic (exact) mass is 874 g/mol. The first-order valence-electron chi connectivity index (χ1n) is 22.6. The molecule has 1 aliphatic rings. The van der Waals surface area contributed by atoms with Crippen molar-refractivity contribution in [2.24, 2.45) is 0 Å². The summed E-state index contributed by atoms with van der Waals surface area (Å²) in [7, 11) is 0. The molecule has 0 atom stereocenters. The van der Waals surface area contributed by atoms with Crippen molar-refractivity contribution in [2.45, 2.75) is 9.79 Å². The molecular formula is C62H38N2O2S. The fourth-order valence-corrected chi connectivity index (χ4v) is 11.6. The van der Waals surface area contributed by atoms with Crippen LogP contribution in [0.3, 0.4) is 0 Å². The highest BCUT2D eigenvalue weighted by atomic mass is 32.2. The van der Waals surface area contributed by atoms with Crippen LogP contribution in [0.25, 0.3) is 87.7 Å². The van der Waals surface area contributed by atoms with Gasteiger partial charge in [-0.3, -0.25) is 0 Å². The van der Waals surface area contributed by atoms with Crippen molar-refractivity contribution in [1.82, 2.24) is 0 Å². The maximum Gasteiger partial charge on any atom is 0.159 e. The Kier molecular flexibility index (Phi) is 8.48. The molecule has 0 bridgehead atoms. The molecule has 11 aromatic carbocycles. The van der Waals surface area contributed by atoms with Crippen LogP contribution in [0.15, 0.2) is 249 Å². The lowest BCUT2D eigenvalue weighted by atomic mass is 9.92. The Bertz CT molecular complexity index is 4100. The highest BCUT2D eigenvalue weighted by molar-refractivity contribution is 7.99. The van der Waals surface area contributed by atoms with Crippen LogP contribution in [0.5, 0.6) is 0 Å². The highest BCUT2D eigenvalue weighted by Gasteiger charge is 2.26. The van der Waals surface area contributed by atoms with E-state index in [1.165, 1.54) is 42.5 Å². The minimum absolute atomic E-state index is 0.860. The number of fused-ring (bicyclic) bond motifs is 10. The molecule has 0 spiro atoms. The molecule has 4 nitrogen and oxygen atoms in total. The van der Waals surface area contributed by atoms with Crippen molar-refractivity contribution in [3.63, 3.8) is 0 Å². The van der Waals surface area contributed by atoms with Gasteiger partial charge in [-0.1, -0.05) is 151 Å². The van der Waals surface area contributed by atoms with Crippen molar-refractivity contribution in [1.29, 1.82) is 0 Å². The van der Waals surface area contributed by atoms with Crippen molar-refractivity contribution >= 4 is 111 Å². The predicted octanol–water partition coefficient (Wildman–Crippen LogP) is 18.5. The fourth-order valence-electron chi connectivity index (χ4n) is 10.4. The Labute approximate surface area is 390 Å². The van der Waals surface area contributed by atoms with Crippen LogP contribution in [-0.2, 0) is 0 Å². The van der Waals surface area contributed by atoms with E-state index < -0.39 is 0 Å². The van der Waals surface area contributed by atoms with Gasteiger partial charge in [0.15, 0.2) is 5.58 Å². The third-order valence-corrected chi connectivity index (χ3v) is 14.5. The normalized spacial score (nSPS) is 12.1. The zero-order valence-electron chi connectivity index (χ0n) is 36.1. The number of hydrogen-bond donors (Lipinski definition) is 0. The van der Waals surface area contributed by atoms with E-state index in [1.807, 2.05) is 30.0 Å². The predicted molar refractivity (Wildman–Crippen MR) is 280 cm³/mol.